The Kier molecular flexibility index (Phi) is 4.22. The second-order valence-electron chi connectivity index (χ2n) is 5.33. The number of anilines is 1. The molecule has 1 aromatic heterocycles. The highest BCUT2D eigenvalue weighted by molar-refractivity contribution is 5.20. The predicted molar refractivity (Wildman–Crippen MR) is 69.4 cm³/mol. The van der Waals surface area contributed by atoms with E-state index in [0.29, 0.717) is 24.4 Å². The number of ether oxygens (including phenoxy) is 1. The maximum atomic E-state index is 5.90. The number of hydrogen-bond acceptors (Lipinski definition) is 5. The highest BCUT2D eigenvalue weighted by atomic mass is 16.5. The van der Waals surface area contributed by atoms with E-state index in [4.69, 9.17) is 9.26 Å². The second kappa shape index (κ2) is 5.69. The van der Waals surface area contributed by atoms with Gasteiger partial charge < -0.3 is 14.6 Å². The van der Waals surface area contributed by atoms with Crippen LogP contribution in [0, 0.1) is 5.92 Å². The lowest BCUT2D eigenvalue weighted by Gasteiger charge is -2.24. The molecule has 0 amide bonds. The Morgan fingerprint density at radius 1 is 1.39 bits per heavy atom. The van der Waals surface area contributed by atoms with Crippen molar-refractivity contribution in [2.24, 2.45) is 5.92 Å². The van der Waals surface area contributed by atoms with Gasteiger partial charge in [-0.05, 0) is 38.5 Å². The smallest absolute Gasteiger partial charge is 0.321 e. The minimum absolute atomic E-state index is 0.310. The number of aromatic nitrogens is 2. The Morgan fingerprint density at radius 2 is 2.11 bits per heavy atom. The van der Waals surface area contributed by atoms with E-state index in [1.54, 1.807) is 0 Å². The van der Waals surface area contributed by atoms with Gasteiger partial charge in [-0.25, -0.2) is 0 Å². The van der Waals surface area contributed by atoms with Crippen LogP contribution in [0.15, 0.2) is 4.52 Å². The molecule has 0 aliphatic heterocycles. The molecule has 1 aromatic rings. The quantitative estimate of drug-likeness (QED) is 0.844. The summed E-state index contributed by atoms with van der Waals surface area (Å²) in [6.45, 7) is 7.82. The summed E-state index contributed by atoms with van der Waals surface area (Å²) in [4.78, 5) is 4.44. The first-order valence-electron chi connectivity index (χ1n) is 6.88. The van der Waals surface area contributed by atoms with Gasteiger partial charge in [0.25, 0.3) is 0 Å². The maximum Gasteiger partial charge on any atom is 0.321 e. The summed E-state index contributed by atoms with van der Waals surface area (Å²) >= 11 is 0. The van der Waals surface area contributed by atoms with Gasteiger partial charge >= 0.3 is 6.01 Å². The molecule has 1 heterocycles. The van der Waals surface area contributed by atoms with Crippen LogP contribution in [0.25, 0.3) is 0 Å². The molecule has 0 saturated heterocycles. The van der Waals surface area contributed by atoms with Crippen molar-refractivity contribution in [2.45, 2.75) is 52.1 Å². The molecule has 0 aromatic carbocycles. The maximum absolute atomic E-state index is 5.90. The average Bonchev–Trinajstić information content (AvgIpc) is 2.95. The molecule has 0 spiro atoms. The van der Waals surface area contributed by atoms with E-state index in [1.165, 1.54) is 12.8 Å². The molecule has 0 bridgehead atoms. The van der Waals surface area contributed by atoms with Crippen molar-refractivity contribution in [2.75, 3.05) is 18.5 Å². The lowest BCUT2D eigenvalue weighted by Crippen LogP contribution is -2.27. The molecule has 0 atom stereocenters. The molecule has 1 aliphatic carbocycles. The van der Waals surface area contributed by atoms with E-state index in [2.05, 4.69) is 29.3 Å². The summed E-state index contributed by atoms with van der Waals surface area (Å²) in [6.07, 6.45) is 4.32. The Morgan fingerprint density at radius 3 is 2.72 bits per heavy atom. The molecule has 1 aliphatic rings. The number of nitrogens with one attached hydrogen (secondary N) is 1. The van der Waals surface area contributed by atoms with Gasteiger partial charge in [-0.2, -0.15) is 4.98 Å². The number of rotatable bonds is 6. The Balaban J connectivity index is 2.07. The van der Waals surface area contributed by atoms with Crippen LogP contribution in [-0.4, -0.2) is 23.3 Å². The van der Waals surface area contributed by atoms with E-state index < -0.39 is 0 Å². The van der Waals surface area contributed by atoms with Crippen LogP contribution < -0.4 is 5.32 Å². The minimum atomic E-state index is -0.310. The summed E-state index contributed by atoms with van der Waals surface area (Å²) in [5, 5.41) is 7.24. The van der Waals surface area contributed by atoms with Crippen LogP contribution in [0.2, 0.25) is 0 Å². The van der Waals surface area contributed by atoms with Gasteiger partial charge in [0, 0.05) is 13.2 Å². The molecule has 0 radical (unpaired) electrons. The molecule has 2 rings (SSSR count). The molecule has 1 N–H and O–H groups in total. The third kappa shape index (κ3) is 2.83. The van der Waals surface area contributed by atoms with Crippen molar-refractivity contribution >= 4 is 6.01 Å². The number of hydrogen-bond donors (Lipinski definition) is 1. The van der Waals surface area contributed by atoms with E-state index >= 15 is 0 Å². The predicted octanol–water partition coefficient (Wildman–Crippen LogP) is 2.94. The van der Waals surface area contributed by atoms with Gasteiger partial charge in [-0.1, -0.05) is 19.0 Å². The topological polar surface area (TPSA) is 60.2 Å². The fourth-order valence-electron chi connectivity index (χ4n) is 2.43. The number of nitrogens with zero attached hydrogens (tertiary/aromatic N) is 2. The summed E-state index contributed by atoms with van der Waals surface area (Å²) in [5.41, 5.74) is -0.310. The zero-order valence-electron chi connectivity index (χ0n) is 11.5. The van der Waals surface area contributed by atoms with Crippen LogP contribution in [0.4, 0.5) is 6.01 Å². The highest BCUT2D eigenvalue weighted by Gasteiger charge is 2.40. The molecule has 102 valence electrons. The Labute approximate surface area is 108 Å². The fraction of sp³-hybridized carbons (Fsp3) is 0.846. The summed E-state index contributed by atoms with van der Waals surface area (Å²) < 4.78 is 11.1. The molecule has 1 fully saturated rings. The summed E-state index contributed by atoms with van der Waals surface area (Å²) in [5.74, 6) is 1.25. The van der Waals surface area contributed by atoms with Gasteiger partial charge in [0.05, 0.1) is 0 Å². The molecule has 1 saturated carbocycles. The summed E-state index contributed by atoms with van der Waals surface area (Å²) in [6, 6.07) is 0.504. The minimum Gasteiger partial charge on any atom is -0.367 e. The lowest BCUT2D eigenvalue weighted by molar-refractivity contribution is -0.0469. The van der Waals surface area contributed by atoms with Crippen molar-refractivity contribution in [3.8, 4) is 0 Å². The van der Waals surface area contributed by atoms with Crippen LogP contribution in [0.3, 0.4) is 0 Å². The first kappa shape index (κ1) is 13.3. The van der Waals surface area contributed by atoms with E-state index in [0.717, 1.165) is 19.4 Å². The highest BCUT2D eigenvalue weighted by Crippen LogP contribution is 2.40. The lowest BCUT2D eigenvalue weighted by atomic mass is 10.0. The van der Waals surface area contributed by atoms with Crippen molar-refractivity contribution in [1.82, 2.24) is 10.1 Å². The van der Waals surface area contributed by atoms with Crippen LogP contribution in [0.1, 0.15) is 52.3 Å². The summed E-state index contributed by atoms with van der Waals surface area (Å²) in [7, 11) is 0. The van der Waals surface area contributed by atoms with E-state index in [-0.39, 0.29) is 5.60 Å². The van der Waals surface area contributed by atoms with E-state index in [1.807, 2.05) is 6.92 Å². The van der Waals surface area contributed by atoms with Crippen molar-refractivity contribution < 1.29 is 9.26 Å². The van der Waals surface area contributed by atoms with Gasteiger partial charge in [0.1, 0.15) is 5.60 Å². The first-order valence-corrected chi connectivity index (χ1v) is 6.88. The zero-order chi connectivity index (χ0) is 13.0. The fourth-order valence-corrected chi connectivity index (χ4v) is 2.43. The van der Waals surface area contributed by atoms with Crippen LogP contribution >= 0.6 is 0 Å². The third-order valence-electron chi connectivity index (χ3n) is 3.33. The molecular formula is C13H23N3O2. The third-order valence-corrected chi connectivity index (χ3v) is 3.33. The molecule has 0 unspecified atom stereocenters. The normalized spacial score (nSPS) is 18.4. The van der Waals surface area contributed by atoms with Gasteiger partial charge in [0.2, 0.25) is 5.82 Å². The Bertz CT molecular complexity index is 370. The molecule has 5 heteroatoms. The Hall–Kier alpha value is -1.10. The van der Waals surface area contributed by atoms with Crippen molar-refractivity contribution in [3.05, 3.63) is 5.82 Å². The molecule has 5 nitrogen and oxygen atoms in total. The zero-order valence-corrected chi connectivity index (χ0v) is 11.5. The van der Waals surface area contributed by atoms with Gasteiger partial charge in [0.15, 0.2) is 0 Å². The van der Waals surface area contributed by atoms with E-state index in [9.17, 15) is 0 Å². The monoisotopic (exact) mass is 253 g/mol. The molecular weight excluding hydrogens is 230 g/mol. The van der Waals surface area contributed by atoms with Gasteiger partial charge in [-0.15, -0.1) is 0 Å². The average molecular weight is 253 g/mol. The first-order chi connectivity index (χ1) is 8.66. The standard InChI is InChI=1S/C13H23N3O2/c1-4-17-13(7-5-6-8-13)11-15-12(18-16-11)14-9-10(2)3/h10H,4-9H2,1-3H3,(H,14,15,16). The second-order valence-corrected chi connectivity index (χ2v) is 5.33. The van der Waals surface area contributed by atoms with Crippen molar-refractivity contribution in [1.29, 1.82) is 0 Å². The SMILES string of the molecule is CCOC1(c2noc(NCC(C)C)n2)CCCC1. The largest absolute Gasteiger partial charge is 0.367 e. The molecule has 18 heavy (non-hydrogen) atoms. The van der Waals surface area contributed by atoms with Crippen LogP contribution in [0.5, 0.6) is 0 Å². The van der Waals surface area contributed by atoms with Gasteiger partial charge in [-0.3, -0.25) is 0 Å². The van der Waals surface area contributed by atoms with Crippen molar-refractivity contribution in [3.63, 3.8) is 0 Å². The van der Waals surface area contributed by atoms with Crippen LogP contribution in [-0.2, 0) is 10.3 Å².